The van der Waals surface area contributed by atoms with Gasteiger partial charge in [0, 0.05) is 12.8 Å². The first-order valence-corrected chi connectivity index (χ1v) is 8.18. The minimum atomic E-state index is -3.16. The molecule has 4 nitrogen and oxygen atoms in total. The van der Waals surface area contributed by atoms with Crippen LogP contribution >= 0.6 is 0 Å². The molecule has 0 aromatic heterocycles. The molecule has 0 spiro atoms. The van der Waals surface area contributed by atoms with Gasteiger partial charge in [0.15, 0.2) is 9.84 Å². The van der Waals surface area contributed by atoms with Crippen LogP contribution in [0.4, 0.5) is 5.69 Å². The summed E-state index contributed by atoms with van der Waals surface area (Å²) in [7, 11) is -3.16. The maximum Gasteiger partial charge on any atom is 0.177 e. The van der Waals surface area contributed by atoms with Crippen LogP contribution in [0.3, 0.4) is 0 Å². The first-order chi connectivity index (χ1) is 8.55. The van der Waals surface area contributed by atoms with E-state index in [1.165, 1.54) is 6.26 Å². The number of benzene rings is 1. The Morgan fingerprint density at radius 1 is 1.11 bits per heavy atom. The summed E-state index contributed by atoms with van der Waals surface area (Å²) in [6.07, 6.45) is 5.56. The SMILES string of the molecule is CS(=O)(=O)c1ccccc1NCCCCCCN. The fraction of sp³-hybridized carbons (Fsp3) is 0.538. The van der Waals surface area contributed by atoms with Gasteiger partial charge in [0.05, 0.1) is 10.6 Å². The van der Waals surface area contributed by atoms with Gasteiger partial charge in [-0.25, -0.2) is 8.42 Å². The second kappa shape index (κ2) is 7.38. The molecule has 5 heteroatoms. The van der Waals surface area contributed by atoms with Crippen LogP contribution in [0.1, 0.15) is 25.7 Å². The summed E-state index contributed by atoms with van der Waals surface area (Å²) in [5.74, 6) is 0. The Bertz CT molecular complexity index is 458. The number of nitrogens with one attached hydrogen (secondary N) is 1. The van der Waals surface area contributed by atoms with Gasteiger partial charge in [-0.2, -0.15) is 0 Å². The largest absolute Gasteiger partial charge is 0.384 e. The highest BCUT2D eigenvalue weighted by molar-refractivity contribution is 7.90. The van der Waals surface area contributed by atoms with Gasteiger partial charge in [0.2, 0.25) is 0 Å². The van der Waals surface area contributed by atoms with Crippen LogP contribution in [0.25, 0.3) is 0 Å². The fourth-order valence-corrected chi connectivity index (χ4v) is 2.65. The number of hydrogen-bond donors (Lipinski definition) is 2. The van der Waals surface area contributed by atoms with Crippen LogP contribution in [0, 0.1) is 0 Å². The number of rotatable bonds is 8. The van der Waals surface area contributed by atoms with Gasteiger partial charge in [-0.1, -0.05) is 25.0 Å². The fourth-order valence-electron chi connectivity index (χ4n) is 1.78. The van der Waals surface area contributed by atoms with Crippen molar-refractivity contribution in [2.75, 3.05) is 24.7 Å². The predicted molar refractivity (Wildman–Crippen MR) is 75.6 cm³/mol. The topological polar surface area (TPSA) is 72.2 Å². The van der Waals surface area contributed by atoms with E-state index in [-0.39, 0.29) is 0 Å². The van der Waals surface area contributed by atoms with E-state index in [9.17, 15) is 8.42 Å². The summed E-state index contributed by atoms with van der Waals surface area (Å²) >= 11 is 0. The third-order valence-electron chi connectivity index (χ3n) is 2.73. The summed E-state index contributed by atoms with van der Waals surface area (Å²) < 4.78 is 23.1. The first-order valence-electron chi connectivity index (χ1n) is 6.28. The van der Waals surface area contributed by atoms with E-state index in [2.05, 4.69) is 5.32 Å². The average molecular weight is 270 g/mol. The zero-order valence-electron chi connectivity index (χ0n) is 10.9. The van der Waals surface area contributed by atoms with Gasteiger partial charge in [-0.3, -0.25) is 0 Å². The third-order valence-corrected chi connectivity index (χ3v) is 3.89. The van der Waals surface area contributed by atoms with Crippen LogP contribution in [0.2, 0.25) is 0 Å². The van der Waals surface area contributed by atoms with Crippen LogP contribution in [0.15, 0.2) is 29.2 Å². The number of unbranched alkanes of at least 4 members (excludes halogenated alkanes) is 3. The smallest absolute Gasteiger partial charge is 0.177 e. The van der Waals surface area contributed by atoms with Gasteiger partial charge >= 0.3 is 0 Å². The molecule has 1 rings (SSSR count). The second-order valence-electron chi connectivity index (χ2n) is 4.40. The Morgan fingerprint density at radius 3 is 2.44 bits per heavy atom. The summed E-state index contributed by atoms with van der Waals surface area (Å²) in [6, 6.07) is 7.01. The van der Waals surface area contributed by atoms with E-state index in [4.69, 9.17) is 5.73 Å². The van der Waals surface area contributed by atoms with Crippen molar-refractivity contribution in [2.45, 2.75) is 30.6 Å². The number of hydrogen-bond acceptors (Lipinski definition) is 4. The molecule has 0 amide bonds. The molecule has 0 saturated heterocycles. The molecule has 0 saturated carbocycles. The van der Waals surface area contributed by atoms with E-state index in [0.29, 0.717) is 10.6 Å². The summed E-state index contributed by atoms with van der Waals surface area (Å²) in [5.41, 5.74) is 6.11. The normalized spacial score (nSPS) is 11.4. The minimum Gasteiger partial charge on any atom is -0.384 e. The highest BCUT2D eigenvalue weighted by atomic mass is 32.2. The Labute approximate surface area is 110 Å². The molecule has 18 heavy (non-hydrogen) atoms. The molecule has 3 N–H and O–H groups in total. The van der Waals surface area contributed by atoms with E-state index < -0.39 is 9.84 Å². The third kappa shape index (κ3) is 5.06. The monoisotopic (exact) mass is 270 g/mol. The maximum absolute atomic E-state index is 11.6. The maximum atomic E-state index is 11.6. The van der Waals surface area contributed by atoms with Gasteiger partial charge < -0.3 is 11.1 Å². The van der Waals surface area contributed by atoms with Crippen molar-refractivity contribution < 1.29 is 8.42 Å². The van der Waals surface area contributed by atoms with E-state index in [1.54, 1.807) is 18.2 Å². The van der Waals surface area contributed by atoms with Crippen molar-refractivity contribution in [2.24, 2.45) is 5.73 Å². The molecule has 0 aliphatic heterocycles. The highest BCUT2D eigenvalue weighted by Gasteiger charge is 2.11. The Kier molecular flexibility index (Phi) is 6.15. The highest BCUT2D eigenvalue weighted by Crippen LogP contribution is 2.20. The van der Waals surface area contributed by atoms with Crippen molar-refractivity contribution in [1.29, 1.82) is 0 Å². The summed E-state index contributed by atoms with van der Waals surface area (Å²) in [6.45, 7) is 1.53. The van der Waals surface area contributed by atoms with Crippen LogP contribution < -0.4 is 11.1 Å². The molecule has 0 heterocycles. The van der Waals surface area contributed by atoms with Gasteiger partial charge in [0.25, 0.3) is 0 Å². The van der Waals surface area contributed by atoms with Crippen LogP contribution in [-0.4, -0.2) is 27.8 Å². The van der Waals surface area contributed by atoms with Crippen molar-refractivity contribution in [3.63, 3.8) is 0 Å². The van der Waals surface area contributed by atoms with E-state index in [1.807, 2.05) is 6.07 Å². The van der Waals surface area contributed by atoms with Crippen molar-refractivity contribution in [3.8, 4) is 0 Å². The molecule has 0 radical (unpaired) electrons. The van der Waals surface area contributed by atoms with Crippen molar-refractivity contribution >= 4 is 15.5 Å². The van der Waals surface area contributed by atoms with Gasteiger partial charge in [-0.15, -0.1) is 0 Å². The van der Waals surface area contributed by atoms with Crippen LogP contribution in [0.5, 0.6) is 0 Å². The molecule has 0 bridgehead atoms. The zero-order chi connectivity index (χ0) is 13.4. The lowest BCUT2D eigenvalue weighted by atomic mass is 10.2. The minimum absolute atomic E-state index is 0.368. The lowest BCUT2D eigenvalue weighted by Crippen LogP contribution is -2.07. The van der Waals surface area contributed by atoms with Crippen LogP contribution in [-0.2, 0) is 9.84 Å². The quantitative estimate of drug-likeness (QED) is 0.709. The lowest BCUT2D eigenvalue weighted by molar-refractivity contribution is 0.602. The standard InChI is InChI=1S/C13H22N2O2S/c1-18(16,17)13-9-5-4-8-12(13)15-11-7-3-2-6-10-14/h4-5,8-9,15H,2-3,6-7,10-11,14H2,1H3. The molecule has 0 aliphatic rings. The van der Waals surface area contributed by atoms with Gasteiger partial charge in [0.1, 0.15) is 0 Å². The first kappa shape index (κ1) is 15.0. The summed E-state index contributed by atoms with van der Waals surface area (Å²) in [4.78, 5) is 0.368. The van der Waals surface area contributed by atoms with Crippen molar-refractivity contribution in [1.82, 2.24) is 0 Å². The number of sulfone groups is 1. The molecule has 0 unspecified atom stereocenters. The second-order valence-corrected chi connectivity index (χ2v) is 6.38. The molecule has 1 aromatic rings. The Balaban J connectivity index is 2.48. The number of para-hydroxylation sites is 1. The van der Waals surface area contributed by atoms with Crippen molar-refractivity contribution in [3.05, 3.63) is 24.3 Å². The Hall–Kier alpha value is -1.07. The van der Waals surface area contributed by atoms with Gasteiger partial charge in [-0.05, 0) is 31.5 Å². The molecule has 1 aromatic carbocycles. The summed E-state index contributed by atoms with van der Waals surface area (Å²) in [5, 5.41) is 3.19. The van der Waals surface area contributed by atoms with E-state index in [0.717, 1.165) is 38.8 Å². The number of nitrogens with two attached hydrogens (primary N) is 1. The molecular formula is C13H22N2O2S. The lowest BCUT2D eigenvalue weighted by Gasteiger charge is -2.10. The zero-order valence-corrected chi connectivity index (χ0v) is 11.7. The molecule has 0 aliphatic carbocycles. The molecule has 0 fully saturated rings. The number of anilines is 1. The molecule has 0 atom stereocenters. The van der Waals surface area contributed by atoms with E-state index >= 15 is 0 Å². The predicted octanol–water partition coefficient (Wildman–Crippen LogP) is 2.02. The molecular weight excluding hydrogens is 248 g/mol. The Morgan fingerprint density at radius 2 is 1.78 bits per heavy atom. The average Bonchev–Trinajstić information content (AvgIpc) is 2.33. The molecule has 102 valence electrons.